The van der Waals surface area contributed by atoms with E-state index in [0.29, 0.717) is 11.4 Å². The van der Waals surface area contributed by atoms with Crippen LogP contribution in [0.2, 0.25) is 0 Å². The highest BCUT2D eigenvalue weighted by molar-refractivity contribution is 6.01. The molecule has 2 rings (SSSR count). The lowest BCUT2D eigenvalue weighted by Gasteiger charge is -2.11. The molecule has 0 aliphatic carbocycles. The molecule has 0 bridgehead atoms. The minimum Gasteiger partial charge on any atom is -0.506 e. The maximum atomic E-state index is 11.9. The Morgan fingerprint density at radius 2 is 1.95 bits per heavy atom. The van der Waals surface area contributed by atoms with Crippen LogP contribution in [-0.4, -0.2) is 18.2 Å². The predicted octanol–water partition coefficient (Wildman–Crippen LogP) is 3.99. The topological polar surface area (TPSA) is 119 Å². The molecule has 0 aromatic heterocycles. The Morgan fingerprint density at radius 3 is 2.64 bits per heavy atom. The van der Waals surface area contributed by atoms with Crippen molar-refractivity contribution in [2.75, 3.05) is 17.7 Å². The monoisotopic (exact) mass is 299 g/mol. The maximum Gasteiger partial charge on any atom is 0.323 e. The van der Waals surface area contributed by atoms with Crippen LogP contribution in [0, 0.1) is 0 Å². The number of rotatable bonds is 4. The normalized spacial score (nSPS) is 9.50. The number of carbonyl (C=O) groups is 1. The summed E-state index contributed by atoms with van der Waals surface area (Å²) in [6, 6.07) is 10.5. The average molecular weight is 299 g/mol. The summed E-state index contributed by atoms with van der Waals surface area (Å²) in [4.78, 5) is 14.6. The van der Waals surface area contributed by atoms with Crippen molar-refractivity contribution in [3.63, 3.8) is 0 Å². The first-order valence-electron chi connectivity index (χ1n) is 6.23. The molecule has 2 aromatic carbocycles. The molecule has 0 unspecified atom stereocenters. The lowest BCUT2D eigenvalue weighted by molar-refractivity contribution is 0.262. The summed E-state index contributed by atoms with van der Waals surface area (Å²) in [5.41, 5.74) is 9.25. The van der Waals surface area contributed by atoms with Gasteiger partial charge in [0.25, 0.3) is 0 Å². The van der Waals surface area contributed by atoms with E-state index in [9.17, 15) is 9.90 Å². The average Bonchev–Trinajstić information content (AvgIpc) is 2.51. The predicted molar refractivity (Wildman–Crippen MR) is 82.5 cm³/mol. The van der Waals surface area contributed by atoms with E-state index in [1.165, 1.54) is 25.3 Å². The van der Waals surface area contributed by atoms with Gasteiger partial charge in [0.2, 0.25) is 0 Å². The van der Waals surface area contributed by atoms with E-state index < -0.39 is 6.03 Å². The number of hydrogen-bond donors (Lipinski definition) is 3. The molecule has 3 N–H and O–H groups in total. The number of nitrogens with zero attached hydrogens (tertiary/aromatic N) is 3. The minimum absolute atomic E-state index is 0.185. The third-order valence-electron chi connectivity index (χ3n) is 2.74. The molecule has 0 aliphatic heterocycles. The molecule has 8 nitrogen and oxygen atoms in total. The Labute approximate surface area is 126 Å². The Morgan fingerprint density at radius 1 is 1.23 bits per heavy atom. The van der Waals surface area contributed by atoms with Crippen LogP contribution in [0.3, 0.4) is 0 Å². The summed E-state index contributed by atoms with van der Waals surface area (Å²) in [5, 5.41) is 18.2. The summed E-state index contributed by atoms with van der Waals surface area (Å²) in [6.45, 7) is 0. The molecule has 0 atom stereocenters. The number of nitrogens with one attached hydrogen (secondary N) is 2. The van der Waals surface area contributed by atoms with Gasteiger partial charge in [-0.2, -0.15) is 0 Å². The van der Waals surface area contributed by atoms with Gasteiger partial charge in [0, 0.05) is 10.6 Å². The van der Waals surface area contributed by atoms with E-state index >= 15 is 0 Å². The van der Waals surface area contributed by atoms with Gasteiger partial charge in [-0.25, -0.2) is 4.79 Å². The molecule has 22 heavy (non-hydrogen) atoms. The fourth-order valence-electron chi connectivity index (χ4n) is 1.76. The number of amides is 2. The van der Waals surface area contributed by atoms with Crippen LogP contribution in [0.1, 0.15) is 0 Å². The van der Waals surface area contributed by atoms with Crippen molar-refractivity contribution in [3.8, 4) is 11.5 Å². The van der Waals surface area contributed by atoms with Crippen molar-refractivity contribution >= 4 is 23.1 Å². The Balaban J connectivity index is 2.10. The zero-order valence-corrected chi connectivity index (χ0v) is 11.6. The molecule has 0 saturated heterocycles. The van der Waals surface area contributed by atoms with E-state index in [-0.39, 0.29) is 17.1 Å². The molecule has 0 spiro atoms. The number of azide groups is 1. The van der Waals surface area contributed by atoms with Crippen LogP contribution in [-0.2, 0) is 0 Å². The fraction of sp³-hybridized carbons (Fsp3) is 0.0714. The van der Waals surface area contributed by atoms with Crippen molar-refractivity contribution in [1.29, 1.82) is 0 Å². The van der Waals surface area contributed by atoms with Crippen LogP contribution >= 0.6 is 0 Å². The third kappa shape index (κ3) is 3.59. The summed E-state index contributed by atoms with van der Waals surface area (Å²) >= 11 is 0. The SMILES string of the molecule is COc1ccccc1NC(=O)Nc1ccc(N=[N+]=[N-])cc1O. The van der Waals surface area contributed by atoms with Crippen LogP contribution in [0.25, 0.3) is 10.4 Å². The summed E-state index contributed by atoms with van der Waals surface area (Å²) in [5.74, 6) is 0.306. The van der Waals surface area contributed by atoms with Gasteiger partial charge in [-0.05, 0) is 29.8 Å². The van der Waals surface area contributed by atoms with Gasteiger partial charge in [-0.1, -0.05) is 23.3 Å². The largest absolute Gasteiger partial charge is 0.506 e. The highest BCUT2D eigenvalue weighted by atomic mass is 16.5. The van der Waals surface area contributed by atoms with Crippen molar-refractivity contribution in [3.05, 3.63) is 52.9 Å². The summed E-state index contributed by atoms with van der Waals surface area (Å²) in [6.07, 6.45) is 0. The summed E-state index contributed by atoms with van der Waals surface area (Å²) in [7, 11) is 1.50. The van der Waals surface area contributed by atoms with Gasteiger partial charge in [-0.15, -0.1) is 0 Å². The van der Waals surface area contributed by atoms with Crippen molar-refractivity contribution in [1.82, 2.24) is 0 Å². The first-order chi connectivity index (χ1) is 10.6. The fourth-order valence-corrected chi connectivity index (χ4v) is 1.76. The van der Waals surface area contributed by atoms with Crippen molar-refractivity contribution in [2.45, 2.75) is 0 Å². The Bertz CT molecular complexity index is 741. The number of hydrogen-bond acceptors (Lipinski definition) is 4. The number of urea groups is 1. The second-order valence-corrected chi connectivity index (χ2v) is 4.17. The van der Waals surface area contributed by atoms with E-state index in [4.69, 9.17) is 10.3 Å². The molecule has 8 heteroatoms. The van der Waals surface area contributed by atoms with Gasteiger partial charge in [0.05, 0.1) is 18.5 Å². The second kappa shape index (κ2) is 6.87. The third-order valence-corrected chi connectivity index (χ3v) is 2.74. The highest BCUT2D eigenvalue weighted by Gasteiger charge is 2.09. The van der Waals surface area contributed by atoms with Gasteiger partial charge in [0.1, 0.15) is 11.5 Å². The molecular formula is C14H13N5O3. The molecule has 0 radical (unpaired) electrons. The number of anilines is 2. The van der Waals surface area contributed by atoms with Gasteiger partial charge in [-0.3, -0.25) is 0 Å². The standard InChI is InChI=1S/C14H13N5O3/c1-22-13-5-3-2-4-11(13)17-14(21)16-10-7-6-9(18-19-15)8-12(10)20/h2-8,20H,1H3,(H2,16,17,21). The first kappa shape index (κ1) is 15.0. The van der Waals surface area contributed by atoms with E-state index in [1.807, 2.05) is 0 Å². The number of ether oxygens (including phenoxy) is 1. The van der Waals surface area contributed by atoms with Crippen LogP contribution in [0.15, 0.2) is 47.6 Å². The lowest BCUT2D eigenvalue weighted by Crippen LogP contribution is -2.19. The van der Waals surface area contributed by atoms with Gasteiger partial charge in [0.15, 0.2) is 0 Å². The molecular weight excluding hydrogens is 286 g/mol. The molecule has 2 aromatic rings. The highest BCUT2D eigenvalue weighted by Crippen LogP contribution is 2.29. The van der Waals surface area contributed by atoms with Crippen molar-refractivity contribution in [2.24, 2.45) is 5.11 Å². The van der Waals surface area contributed by atoms with Crippen LogP contribution in [0.5, 0.6) is 11.5 Å². The van der Waals surface area contributed by atoms with E-state index in [1.54, 1.807) is 24.3 Å². The zero-order chi connectivity index (χ0) is 15.9. The Kier molecular flexibility index (Phi) is 4.69. The smallest absolute Gasteiger partial charge is 0.323 e. The lowest BCUT2D eigenvalue weighted by atomic mass is 10.2. The number of aromatic hydroxyl groups is 1. The second-order valence-electron chi connectivity index (χ2n) is 4.17. The van der Waals surface area contributed by atoms with Gasteiger partial charge >= 0.3 is 6.03 Å². The van der Waals surface area contributed by atoms with Crippen LogP contribution in [0.4, 0.5) is 21.9 Å². The maximum absolute atomic E-state index is 11.9. The molecule has 0 heterocycles. The minimum atomic E-state index is -0.545. The first-order valence-corrected chi connectivity index (χ1v) is 6.23. The molecule has 0 saturated carbocycles. The number of para-hydroxylation sites is 2. The van der Waals surface area contributed by atoms with Gasteiger partial charge < -0.3 is 20.5 Å². The van der Waals surface area contributed by atoms with Crippen LogP contribution < -0.4 is 15.4 Å². The van der Waals surface area contributed by atoms with E-state index in [0.717, 1.165) is 0 Å². The number of carbonyl (C=O) groups excluding carboxylic acids is 1. The number of phenols is 1. The van der Waals surface area contributed by atoms with E-state index in [2.05, 4.69) is 20.7 Å². The quantitative estimate of drug-likeness (QED) is 0.342. The Hall–Kier alpha value is -3.38. The van der Waals surface area contributed by atoms with Crippen molar-refractivity contribution < 1.29 is 14.6 Å². The zero-order valence-electron chi connectivity index (χ0n) is 11.6. The number of benzene rings is 2. The molecule has 0 fully saturated rings. The molecule has 0 aliphatic rings. The molecule has 112 valence electrons. The summed E-state index contributed by atoms with van der Waals surface area (Å²) < 4.78 is 5.12. The number of methoxy groups -OCH3 is 1. The number of phenolic OH excluding ortho intramolecular Hbond substituents is 1. The molecule has 2 amide bonds.